The van der Waals surface area contributed by atoms with Gasteiger partial charge < -0.3 is 25.0 Å². The molecule has 9 rings (SSSR count). The summed E-state index contributed by atoms with van der Waals surface area (Å²) >= 11 is 0. The smallest absolute Gasteiger partial charge is 0.256 e. The van der Waals surface area contributed by atoms with Gasteiger partial charge in [0, 0.05) is 111 Å². The van der Waals surface area contributed by atoms with E-state index in [2.05, 4.69) is 59.4 Å². The van der Waals surface area contributed by atoms with E-state index in [1.165, 1.54) is 12.1 Å². The van der Waals surface area contributed by atoms with Crippen molar-refractivity contribution in [3.05, 3.63) is 83.2 Å². The van der Waals surface area contributed by atoms with E-state index >= 15 is 0 Å². The Balaban J connectivity index is 0.727. The number of imide groups is 1. The van der Waals surface area contributed by atoms with Gasteiger partial charge in [0.15, 0.2) is 0 Å². The van der Waals surface area contributed by atoms with Gasteiger partial charge in [0.05, 0.1) is 5.52 Å². The lowest BCUT2D eigenvalue weighted by Gasteiger charge is -2.40. The van der Waals surface area contributed by atoms with Crippen LogP contribution in [-0.2, 0) is 16.1 Å². The van der Waals surface area contributed by atoms with Crippen molar-refractivity contribution < 1.29 is 19.2 Å². The van der Waals surface area contributed by atoms with Gasteiger partial charge in [-0.1, -0.05) is 0 Å². The Kier molecular flexibility index (Phi) is 9.51. The summed E-state index contributed by atoms with van der Waals surface area (Å²) in [5, 5.41) is 6.42. The van der Waals surface area contributed by atoms with Crippen LogP contribution in [0.2, 0.25) is 0 Å². The fourth-order valence-corrected chi connectivity index (χ4v) is 9.30. The molecule has 0 radical (unpaired) electrons. The molecule has 55 heavy (non-hydrogen) atoms. The molecule has 2 atom stereocenters. The molecular formula is C42H49N9O4. The second-order valence-corrected chi connectivity index (χ2v) is 16.0. The second-order valence-electron chi connectivity index (χ2n) is 16.0. The van der Waals surface area contributed by atoms with Gasteiger partial charge in [0.1, 0.15) is 11.9 Å². The number of benzene rings is 2. The predicted molar refractivity (Wildman–Crippen MR) is 211 cm³/mol. The summed E-state index contributed by atoms with van der Waals surface area (Å²) in [6.45, 7) is 8.49. The van der Waals surface area contributed by atoms with Gasteiger partial charge in [-0.2, -0.15) is 0 Å². The zero-order valence-electron chi connectivity index (χ0n) is 31.4. The van der Waals surface area contributed by atoms with Crippen LogP contribution in [0.3, 0.4) is 0 Å². The number of nitrogens with zero attached hydrogens (tertiary/aromatic N) is 6. The average molecular weight is 744 g/mol. The first-order valence-corrected chi connectivity index (χ1v) is 19.9. The highest BCUT2D eigenvalue weighted by Crippen LogP contribution is 2.34. The number of aromatic amines is 1. The largest absolute Gasteiger partial charge is 0.372 e. The number of aromatic nitrogens is 2. The standard InChI is InChI=1S/C42H49N9O4/c1-47-14-2-3-36(47)35-22-29-24-43-38(23-34(29)44-35)45-40(53)28-4-6-31(7-5-28)50-19-17-48(18-20-50)25-27-12-15-49(16-13-27)32-8-9-33-30(21-32)26-51(42(33)55)37-10-11-39(52)46-41(37)54/h4-9,21-24,27,36-37,44H,2-3,10-20,25-26H2,1H3,(H,43,45,53)(H,46,52,54)/t36-,37?/m1/s1. The van der Waals surface area contributed by atoms with Crippen molar-refractivity contribution in [2.75, 3.05) is 74.5 Å². The quantitative estimate of drug-likeness (QED) is 0.225. The van der Waals surface area contributed by atoms with Crippen molar-refractivity contribution in [2.24, 2.45) is 5.92 Å². The van der Waals surface area contributed by atoms with Gasteiger partial charge in [0.25, 0.3) is 11.8 Å². The van der Waals surface area contributed by atoms with Gasteiger partial charge in [-0.25, -0.2) is 4.98 Å². The number of amides is 4. The highest BCUT2D eigenvalue weighted by atomic mass is 16.2. The highest BCUT2D eigenvalue weighted by Gasteiger charge is 2.39. The Morgan fingerprint density at radius 1 is 0.836 bits per heavy atom. The molecular weight excluding hydrogens is 695 g/mol. The Hall–Kier alpha value is -5.27. The second kappa shape index (κ2) is 14.8. The van der Waals surface area contributed by atoms with E-state index in [1.807, 2.05) is 48.7 Å². The highest BCUT2D eigenvalue weighted by molar-refractivity contribution is 6.06. The molecule has 2 aromatic heterocycles. The van der Waals surface area contributed by atoms with Crippen molar-refractivity contribution in [2.45, 2.75) is 57.2 Å². The van der Waals surface area contributed by atoms with E-state index in [1.54, 1.807) is 4.90 Å². The molecule has 13 heteroatoms. The first-order chi connectivity index (χ1) is 26.8. The van der Waals surface area contributed by atoms with Crippen molar-refractivity contribution in [1.82, 2.24) is 30.0 Å². The van der Waals surface area contributed by atoms with Crippen LogP contribution < -0.4 is 20.4 Å². The number of H-pyrrole nitrogens is 1. The van der Waals surface area contributed by atoms with E-state index in [4.69, 9.17) is 0 Å². The van der Waals surface area contributed by atoms with Gasteiger partial charge in [0.2, 0.25) is 11.8 Å². The molecule has 2 aromatic carbocycles. The molecule has 0 saturated carbocycles. The number of hydrogen-bond donors (Lipinski definition) is 3. The van der Waals surface area contributed by atoms with E-state index in [-0.39, 0.29) is 30.0 Å². The third-order valence-corrected chi connectivity index (χ3v) is 12.5. The third kappa shape index (κ3) is 7.18. The summed E-state index contributed by atoms with van der Waals surface area (Å²) < 4.78 is 0. The molecule has 0 spiro atoms. The zero-order chi connectivity index (χ0) is 37.6. The summed E-state index contributed by atoms with van der Waals surface area (Å²) in [5.74, 6) is 0.235. The average Bonchev–Trinajstić information content (AvgIpc) is 3.91. The predicted octanol–water partition coefficient (Wildman–Crippen LogP) is 4.38. The Morgan fingerprint density at radius 3 is 2.35 bits per heavy atom. The molecule has 4 fully saturated rings. The molecule has 3 N–H and O–H groups in total. The number of fused-ring (bicyclic) bond motifs is 2. The van der Waals surface area contributed by atoms with Crippen molar-refractivity contribution in [3.8, 4) is 0 Å². The number of pyridine rings is 1. The first kappa shape index (κ1) is 35.4. The molecule has 4 aromatic rings. The van der Waals surface area contributed by atoms with Crippen LogP contribution >= 0.6 is 0 Å². The number of likely N-dealkylation sites (tertiary alicyclic amines) is 1. The maximum absolute atomic E-state index is 13.1. The molecule has 0 bridgehead atoms. The minimum Gasteiger partial charge on any atom is -0.372 e. The SMILES string of the molecule is CN1CCC[C@@H]1c1cc2cnc(NC(=O)c3ccc(N4CCN(CC5CCN(c6ccc7c(c6)CN(C6CCC(=O)NC6=O)C7=O)CC5)CC4)cc3)cc2[nH]1. The van der Waals surface area contributed by atoms with Crippen LogP contribution in [0.4, 0.5) is 17.2 Å². The topological polar surface area (TPSA) is 137 Å². The number of nitrogens with one attached hydrogen (secondary N) is 3. The van der Waals surface area contributed by atoms with Crippen LogP contribution in [0, 0.1) is 5.92 Å². The van der Waals surface area contributed by atoms with Gasteiger partial charge in [-0.3, -0.25) is 34.3 Å². The zero-order valence-corrected chi connectivity index (χ0v) is 31.4. The summed E-state index contributed by atoms with van der Waals surface area (Å²) in [5.41, 5.74) is 6.67. The minimum absolute atomic E-state index is 0.129. The molecule has 0 aliphatic carbocycles. The minimum atomic E-state index is -0.592. The van der Waals surface area contributed by atoms with Gasteiger partial charge >= 0.3 is 0 Å². The molecule has 5 aliphatic heterocycles. The van der Waals surface area contributed by atoms with Gasteiger partial charge in [-0.05, 0) is 106 Å². The maximum Gasteiger partial charge on any atom is 0.256 e. The summed E-state index contributed by atoms with van der Waals surface area (Å²) in [7, 11) is 2.17. The number of carbonyl (C=O) groups excluding carboxylic acids is 4. The van der Waals surface area contributed by atoms with E-state index in [0.29, 0.717) is 41.9 Å². The van der Waals surface area contributed by atoms with Crippen LogP contribution in [0.25, 0.3) is 10.9 Å². The molecule has 5 aliphatic rings. The fourth-order valence-electron chi connectivity index (χ4n) is 9.30. The first-order valence-electron chi connectivity index (χ1n) is 19.9. The normalized spacial score (nSPS) is 22.8. The van der Waals surface area contributed by atoms with Crippen molar-refractivity contribution in [1.29, 1.82) is 0 Å². The number of carbonyl (C=O) groups is 4. The number of piperazine rings is 1. The lowest BCUT2D eigenvalue weighted by atomic mass is 9.95. The monoisotopic (exact) mass is 743 g/mol. The molecule has 286 valence electrons. The summed E-state index contributed by atoms with van der Waals surface area (Å²) in [6.07, 6.45) is 7.05. The molecule has 4 saturated heterocycles. The van der Waals surface area contributed by atoms with Crippen LogP contribution in [0.1, 0.15) is 76.5 Å². The molecule has 7 heterocycles. The van der Waals surface area contributed by atoms with Crippen LogP contribution in [0.5, 0.6) is 0 Å². The summed E-state index contributed by atoms with van der Waals surface area (Å²) in [6, 6.07) is 17.9. The van der Waals surface area contributed by atoms with Crippen LogP contribution in [0.15, 0.2) is 60.8 Å². The van der Waals surface area contributed by atoms with E-state index in [0.717, 1.165) is 99.5 Å². The number of hydrogen-bond acceptors (Lipinski definition) is 9. The Labute approximate surface area is 321 Å². The molecule has 13 nitrogen and oxygen atoms in total. The molecule has 1 unspecified atom stereocenters. The van der Waals surface area contributed by atoms with E-state index in [9.17, 15) is 19.2 Å². The maximum atomic E-state index is 13.1. The lowest BCUT2D eigenvalue weighted by Crippen LogP contribution is -2.52. The number of piperidine rings is 2. The van der Waals surface area contributed by atoms with Crippen molar-refractivity contribution in [3.63, 3.8) is 0 Å². The molecule has 4 amide bonds. The van der Waals surface area contributed by atoms with Gasteiger partial charge in [-0.15, -0.1) is 0 Å². The van der Waals surface area contributed by atoms with Crippen molar-refractivity contribution >= 4 is 51.7 Å². The third-order valence-electron chi connectivity index (χ3n) is 12.5. The number of rotatable bonds is 8. The van der Waals surface area contributed by atoms with Crippen LogP contribution in [-0.4, -0.2) is 114 Å². The lowest BCUT2D eigenvalue weighted by molar-refractivity contribution is -0.136. The van der Waals surface area contributed by atoms with E-state index < -0.39 is 6.04 Å². The Morgan fingerprint density at radius 2 is 1.60 bits per heavy atom. The Bertz CT molecular complexity index is 2120. The summed E-state index contributed by atoms with van der Waals surface area (Å²) in [4.78, 5) is 69.8. The number of anilines is 3. The fraction of sp³-hybridized carbons (Fsp3) is 0.452.